The molecule has 2 unspecified atom stereocenters. The van der Waals surface area contributed by atoms with Crippen LogP contribution in [0, 0.1) is 5.92 Å². The molecule has 0 bridgehead atoms. The summed E-state index contributed by atoms with van der Waals surface area (Å²) in [6.07, 6.45) is 4.51. The van der Waals surface area contributed by atoms with Crippen LogP contribution in [0.2, 0.25) is 0 Å². The van der Waals surface area contributed by atoms with Gasteiger partial charge >= 0.3 is 12.1 Å². The molecule has 2 atom stereocenters. The maximum Gasteiger partial charge on any atom is 0.411 e. The molecule has 1 rings (SSSR count). The van der Waals surface area contributed by atoms with E-state index < -0.39 is 23.7 Å². The van der Waals surface area contributed by atoms with Crippen molar-refractivity contribution in [3.63, 3.8) is 0 Å². The third-order valence-electron chi connectivity index (χ3n) is 3.29. The van der Waals surface area contributed by atoms with Gasteiger partial charge in [0.2, 0.25) is 0 Å². The van der Waals surface area contributed by atoms with Crippen molar-refractivity contribution in [3.8, 4) is 0 Å². The quantitative estimate of drug-likeness (QED) is 0.452. The second-order valence-corrected chi connectivity index (χ2v) is 6.25. The summed E-state index contributed by atoms with van der Waals surface area (Å²) in [5.41, 5.74) is -0.620. The summed E-state index contributed by atoms with van der Waals surface area (Å²) in [6, 6.07) is -0.676. The molecule has 0 N–H and O–H groups in total. The zero-order chi connectivity index (χ0) is 16.8. The molecule has 22 heavy (non-hydrogen) atoms. The van der Waals surface area contributed by atoms with Crippen LogP contribution in [-0.2, 0) is 19.1 Å². The molecule has 1 aliphatic heterocycles. The average molecular weight is 311 g/mol. The van der Waals surface area contributed by atoms with Crippen LogP contribution in [-0.4, -0.2) is 48.0 Å². The molecule has 6 heteroatoms. The highest BCUT2D eigenvalue weighted by Gasteiger charge is 2.38. The normalized spacial score (nSPS) is 22.5. The van der Waals surface area contributed by atoms with E-state index in [-0.39, 0.29) is 12.5 Å². The van der Waals surface area contributed by atoms with Gasteiger partial charge in [0.15, 0.2) is 0 Å². The molecule has 1 amide bonds. The lowest BCUT2D eigenvalue weighted by Crippen LogP contribution is -2.51. The molecule has 0 aromatic carbocycles. The molecule has 0 aromatic rings. The third-order valence-corrected chi connectivity index (χ3v) is 3.29. The maximum absolute atomic E-state index is 12.3. The van der Waals surface area contributed by atoms with E-state index in [4.69, 9.17) is 9.47 Å². The Morgan fingerprint density at radius 2 is 2.00 bits per heavy atom. The number of carbonyl (C=O) groups excluding carboxylic acids is 3. The van der Waals surface area contributed by atoms with E-state index in [1.165, 1.54) is 11.0 Å². The van der Waals surface area contributed by atoms with Crippen molar-refractivity contribution < 1.29 is 23.9 Å². The molecule has 1 heterocycles. The smallest absolute Gasteiger partial charge is 0.411 e. The van der Waals surface area contributed by atoms with Crippen LogP contribution in [0.3, 0.4) is 0 Å². The number of allylic oxidation sites excluding steroid dienone is 2. The molecule has 124 valence electrons. The highest BCUT2D eigenvalue weighted by molar-refractivity contribution is 5.82. The van der Waals surface area contributed by atoms with Crippen LogP contribution in [0.5, 0.6) is 0 Å². The van der Waals surface area contributed by atoms with Gasteiger partial charge in [0.25, 0.3) is 0 Å². The number of esters is 1. The number of likely N-dealkylation sites (tertiary alicyclic amines) is 1. The van der Waals surface area contributed by atoms with Crippen molar-refractivity contribution in [1.82, 2.24) is 4.90 Å². The van der Waals surface area contributed by atoms with Crippen molar-refractivity contribution in [3.05, 3.63) is 12.2 Å². The Hall–Kier alpha value is -1.85. The zero-order valence-electron chi connectivity index (χ0n) is 13.7. The number of piperidine rings is 1. The minimum Gasteiger partial charge on any atom is -0.464 e. The Balaban J connectivity index is 2.85. The van der Waals surface area contributed by atoms with Gasteiger partial charge < -0.3 is 9.47 Å². The van der Waals surface area contributed by atoms with E-state index in [0.717, 1.165) is 0 Å². The fourth-order valence-corrected chi connectivity index (χ4v) is 2.37. The first-order valence-corrected chi connectivity index (χ1v) is 7.56. The zero-order valence-corrected chi connectivity index (χ0v) is 13.7. The summed E-state index contributed by atoms with van der Waals surface area (Å²) < 4.78 is 10.4. The van der Waals surface area contributed by atoms with Crippen LogP contribution in [0.4, 0.5) is 4.79 Å². The Morgan fingerprint density at radius 1 is 1.32 bits per heavy atom. The molecule has 1 aliphatic rings. The van der Waals surface area contributed by atoms with Gasteiger partial charge in [0.05, 0.1) is 6.61 Å². The van der Waals surface area contributed by atoms with E-state index in [2.05, 4.69) is 0 Å². The summed E-state index contributed by atoms with van der Waals surface area (Å²) in [4.78, 5) is 36.3. The van der Waals surface area contributed by atoms with Gasteiger partial charge in [-0.2, -0.15) is 0 Å². The lowest BCUT2D eigenvalue weighted by atomic mass is 9.90. The van der Waals surface area contributed by atoms with Crippen molar-refractivity contribution in [2.45, 2.75) is 52.2 Å². The Kier molecular flexibility index (Phi) is 6.59. The summed E-state index contributed by atoms with van der Waals surface area (Å²) in [5.74, 6) is -0.365. The van der Waals surface area contributed by atoms with Gasteiger partial charge in [-0.05, 0) is 52.5 Å². The summed E-state index contributed by atoms with van der Waals surface area (Å²) >= 11 is 0. The second kappa shape index (κ2) is 7.96. The van der Waals surface area contributed by atoms with Crippen LogP contribution in [0.1, 0.15) is 40.5 Å². The fourth-order valence-electron chi connectivity index (χ4n) is 2.37. The highest BCUT2D eigenvalue weighted by atomic mass is 16.6. The first kappa shape index (κ1) is 18.2. The van der Waals surface area contributed by atoms with Gasteiger partial charge in [0.1, 0.15) is 17.9 Å². The molecule has 0 aromatic heterocycles. The first-order chi connectivity index (χ1) is 10.3. The minimum absolute atomic E-state index is 0.0679. The predicted molar refractivity (Wildman–Crippen MR) is 81.3 cm³/mol. The molecular weight excluding hydrogens is 286 g/mol. The van der Waals surface area contributed by atoms with Crippen molar-refractivity contribution in [2.24, 2.45) is 5.92 Å². The SMILES string of the molecule is CCOC(=O)C1CC(/C=C/C=O)CCN1C(=O)OC(C)(C)C. The van der Waals surface area contributed by atoms with E-state index in [9.17, 15) is 14.4 Å². The summed E-state index contributed by atoms with van der Waals surface area (Å²) in [5, 5.41) is 0. The number of rotatable bonds is 4. The maximum atomic E-state index is 12.3. The van der Waals surface area contributed by atoms with Crippen LogP contribution in [0.15, 0.2) is 12.2 Å². The number of amides is 1. The standard InChI is InChI=1S/C16H25NO5/c1-5-21-14(19)13-11-12(7-6-10-18)8-9-17(13)15(20)22-16(2,3)4/h6-7,10,12-13H,5,8-9,11H2,1-4H3/b7-6+. The van der Waals surface area contributed by atoms with Crippen LogP contribution >= 0.6 is 0 Å². The summed E-state index contributed by atoms with van der Waals surface area (Å²) in [7, 11) is 0. The number of ether oxygens (including phenoxy) is 2. The third kappa shape index (κ3) is 5.50. The molecule has 0 saturated carbocycles. The molecule has 1 fully saturated rings. The molecule has 1 saturated heterocycles. The van der Waals surface area contributed by atoms with Crippen molar-refractivity contribution in [1.29, 1.82) is 0 Å². The lowest BCUT2D eigenvalue weighted by Gasteiger charge is -2.37. The topological polar surface area (TPSA) is 72.9 Å². The average Bonchev–Trinajstić information content (AvgIpc) is 2.43. The van der Waals surface area contributed by atoms with Crippen molar-refractivity contribution >= 4 is 18.3 Å². The van der Waals surface area contributed by atoms with E-state index >= 15 is 0 Å². The Bertz CT molecular complexity index is 438. The van der Waals surface area contributed by atoms with Crippen LogP contribution < -0.4 is 0 Å². The number of aldehydes is 1. The minimum atomic E-state index is -0.676. The predicted octanol–water partition coefficient (Wildman–Crippen LogP) is 2.32. The van der Waals surface area contributed by atoms with Crippen LogP contribution in [0.25, 0.3) is 0 Å². The van der Waals surface area contributed by atoms with Gasteiger partial charge in [-0.25, -0.2) is 9.59 Å². The lowest BCUT2D eigenvalue weighted by molar-refractivity contribution is -0.151. The molecule has 0 radical (unpaired) electrons. The number of hydrogen-bond donors (Lipinski definition) is 0. The van der Waals surface area contributed by atoms with Gasteiger partial charge in [-0.1, -0.05) is 6.08 Å². The number of hydrogen-bond acceptors (Lipinski definition) is 5. The molecule has 0 spiro atoms. The Labute approximate surface area is 131 Å². The van der Waals surface area contributed by atoms with Gasteiger partial charge in [-0.3, -0.25) is 9.69 Å². The van der Waals surface area contributed by atoms with E-state index in [1.807, 2.05) is 0 Å². The first-order valence-electron chi connectivity index (χ1n) is 7.56. The molecular formula is C16H25NO5. The monoisotopic (exact) mass is 311 g/mol. The highest BCUT2D eigenvalue weighted by Crippen LogP contribution is 2.26. The molecule has 0 aliphatic carbocycles. The number of carbonyl (C=O) groups is 3. The van der Waals surface area contributed by atoms with Crippen molar-refractivity contribution in [2.75, 3.05) is 13.2 Å². The fraction of sp³-hybridized carbons (Fsp3) is 0.688. The number of nitrogens with zero attached hydrogens (tertiary/aromatic N) is 1. The summed E-state index contributed by atoms with van der Waals surface area (Å²) in [6.45, 7) is 7.72. The second-order valence-electron chi connectivity index (χ2n) is 6.25. The molecule has 6 nitrogen and oxygen atoms in total. The van der Waals surface area contributed by atoms with E-state index in [0.29, 0.717) is 25.7 Å². The Morgan fingerprint density at radius 3 is 2.55 bits per heavy atom. The van der Waals surface area contributed by atoms with Gasteiger partial charge in [-0.15, -0.1) is 0 Å². The van der Waals surface area contributed by atoms with Gasteiger partial charge in [0, 0.05) is 6.54 Å². The largest absolute Gasteiger partial charge is 0.464 e. The van der Waals surface area contributed by atoms with E-state index in [1.54, 1.807) is 33.8 Å².